The van der Waals surface area contributed by atoms with Crippen LogP contribution >= 0.6 is 34.8 Å². The van der Waals surface area contributed by atoms with Gasteiger partial charge in [0.2, 0.25) is 0 Å². The Hall–Kier alpha value is -3.40. The molecule has 0 aliphatic rings. The maximum atomic E-state index is 13.0. The van der Waals surface area contributed by atoms with Crippen LogP contribution in [0.1, 0.15) is 28.7 Å². The van der Waals surface area contributed by atoms with Crippen molar-refractivity contribution in [2.24, 2.45) is 0 Å². The van der Waals surface area contributed by atoms with Crippen molar-refractivity contribution in [3.05, 3.63) is 80.9 Å². The Morgan fingerprint density at radius 2 is 1.89 bits per heavy atom. The molecule has 5 rings (SSSR count). The zero-order valence-corrected chi connectivity index (χ0v) is 21.0. The first-order chi connectivity index (χ1) is 16.8. The highest BCUT2D eigenvalue weighted by molar-refractivity contribution is 6.42. The number of benzene rings is 1. The van der Waals surface area contributed by atoms with Gasteiger partial charge < -0.3 is 5.32 Å². The van der Waals surface area contributed by atoms with Crippen LogP contribution in [-0.4, -0.2) is 40.1 Å². The molecule has 35 heavy (non-hydrogen) atoms. The first-order valence-electron chi connectivity index (χ1n) is 10.7. The predicted molar refractivity (Wildman–Crippen MR) is 135 cm³/mol. The number of hydrogen-bond donors (Lipinski definition) is 1. The van der Waals surface area contributed by atoms with E-state index in [0.717, 1.165) is 29.1 Å². The fourth-order valence-corrected chi connectivity index (χ4v) is 4.30. The number of aromatic nitrogens is 7. The normalized spacial score (nSPS) is 11.3. The van der Waals surface area contributed by atoms with Crippen LogP contribution in [-0.2, 0) is 13.1 Å². The Labute approximate surface area is 215 Å². The van der Waals surface area contributed by atoms with E-state index in [1.165, 1.54) is 0 Å². The van der Waals surface area contributed by atoms with Crippen molar-refractivity contribution in [2.75, 3.05) is 5.32 Å². The van der Waals surface area contributed by atoms with Crippen LogP contribution in [0.2, 0.25) is 15.1 Å². The van der Waals surface area contributed by atoms with Crippen LogP contribution < -0.4 is 5.32 Å². The van der Waals surface area contributed by atoms with Gasteiger partial charge in [0.05, 0.1) is 28.5 Å². The molecule has 5 aromatic rings. The lowest BCUT2D eigenvalue weighted by atomic mass is 10.2. The number of carbonyl (C=O) groups excluding carboxylic acids is 1. The summed E-state index contributed by atoms with van der Waals surface area (Å²) in [6.45, 7) is 5.18. The second-order valence-electron chi connectivity index (χ2n) is 7.81. The molecule has 0 fully saturated rings. The first-order valence-corrected chi connectivity index (χ1v) is 11.8. The number of amides is 1. The molecule has 0 aliphatic carbocycles. The molecule has 178 valence electrons. The van der Waals surface area contributed by atoms with Gasteiger partial charge in [-0.3, -0.25) is 14.2 Å². The summed E-state index contributed by atoms with van der Waals surface area (Å²) in [5.41, 5.74) is 4.31. The van der Waals surface area contributed by atoms with Crippen LogP contribution in [0.5, 0.6) is 0 Å². The minimum Gasteiger partial charge on any atom is -0.302 e. The molecule has 4 aromatic heterocycles. The van der Waals surface area contributed by atoms with E-state index in [0.29, 0.717) is 27.3 Å². The molecule has 0 aliphatic heterocycles. The lowest BCUT2D eigenvalue weighted by Crippen LogP contribution is -2.14. The molecule has 12 heteroatoms. The number of anilines is 1. The molecule has 0 saturated heterocycles. The van der Waals surface area contributed by atoms with Crippen LogP contribution in [0.4, 0.5) is 5.82 Å². The van der Waals surface area contributed by atoms with Crippen LogP contribution in [0, 0.1) is 6.92 Å². The number of nitrogens with one attached hydrogen (secondary N) is 1. The lowest BCUT2D eigenvalue weighted by molar-refractivity contribution is 0.102. The van der Waals surface area contributed by atoms with E-state index in [-0.39, 0.29) is 11.5 Å². The molecule has 4 heterocycles. The molecule has 0 bridgehead atoms. The quantitative estimate of drug-likeness (QED) is 0.319. The minimum atomic E-state index is -0.455. The summed E-state index contributed by atoms with van der Waals surface area (Å²) in [4.78, 5) is 17.3. The van der Waals surface area contributed by atoms with Gasteiger partial charge in [-0.15, -0.1) is 0 Å². The van der Waals surface area contributed by atoms with Crippen molar-refractivity contribution in [3.8, 4) is 11.3 Å². The lowest BCUT2D eigenvalue weighted by Gasteiger charge is -2.05. The molecular formula is C23H19Cl3N8O. The zero-order chi connectivity index (χ0) is 24.7. The Morgan fingerprint density at radius 1 is 1.06 bits per heavy atom. The first kappa shape index (κ1) is 23.3. The summed E-state index contributed by atoms with van der Waals surface area (Å²) in [6, 6.07) is 8.76. The van der Waals surface area contributed by atoms with Gasteiger partial charge in [-0.1, -0.05) is 40.9 Å². The van der Waals surface area contributed by atoms with Crippen molar-refractivity contribution in [2.45, 2.75) is 26.9 Å². The van der Waals surface area contributed by atoms with Crippen molar-refractivity contribution < 1.29 is 4.79 Å². The Balaban J connectivity index is 1.39. The van der Waals surface area contributed by atoms with Crippen LogP contribution in [0.15, 0.2) is 48.9 Å². The van der Waals surface area contributed by atoms with E-state index in [1.807, 2.05) is 30.7 Å². The summed E-state index contributed by atoms with van der Waals surface area (Å²) >= 11 is 18.4. The molecule has 0 unspecified atom stereocenters. The topological polar surface area (TPSA) is 94.9 Å². The third kappa shape index (κ3) is 4.50. The molecule has 9 nitrogen and oxygen atoms in total. The van der Waals surface area contributed by atoms with Crippen molar-refractivity contribution in [1.82, 2.24) is 34.2 Å². The third-order valence-corrected chi connectivity index (χ3v) is 6.56. The molecular weight excluding hydrogens is 511 g/mol. The van der Waals surface area contributed by atoms with Gasteiger partial charge >= 0.3 is 0 Å². The van der Waals surface area contributed by atoms with Gasteiger partial charge in [0, 0.05) is 36.3 Å². The second kappa shape index (κ2) is 9.33. The van der Waals surface area contributed by atoms with Crippen LogP contribution in [0.25, 0.3) is 16.9 Å². The summed E-state index contributed by atoms with van der Waals surface area (Å²) in [6.07, 6.45) is 5.09. The maximum absolute atomic E-state index is 13.0. The SMILES string of the molecule is CCn1ncc(-c2ccnc3cc(C(=O)Nc4nn(Cc5ccc(Cl)c(Cl)c5)cc4Cl)nn23)c1C. The van der Waals surface area contributed by atoms with E-state index in [2.05, 4.69) is 25.6 Å². The van der Waals surface area contributed by atoms with E-state index >= 15 is 0 Å². The van der Waals surface area contributed by atoms with Crippen LogP contribution in [0.3, 0.4) is 0 Å². The van der Waals surface area contributed by atoms with Crippen molar-refractivity contribution in [3.63, 3.8) is 0 Å². The Bertz CT molecular complexity index is 1570. The number of rotatable bonds is 6. The van der Waals surface area contributed by atoms with Gasteiger partial charge in [0.1, 0.15) is 5.02 Å². The second-order valence-corrected chi connectivity index (χ2v) is 9.04. The predicted octanol–water partition coefficient (Wildman–Crippen LogP) is 5.38. The molecule has 1 aromatic carbocycles. The van der Waals surface area contributed by atoms with Gasteiger partial charge in [-0.2, -0.15) is 15.3 Å². The summed E-state index contributed by atoms with van der Waals surface area (Å²) in [5.74, 6) is -0.230. The van der Waals surface area contributed by atoms with Gasteiger partial charge in [0.25, 0.3) is 5.91 Å². The van der Waals surface area contributed by atoms with E-state index < -0.39 is 5.91 Å². The minimum absolute atomic E-state index is 0.181. The summed E-state index contributed by atoms with van der Waals surface area (Å²) < 4.78 is 5.13. The average Bonchev–Trinajstić information content (AvgIpc) is 3.53. The Morgan fingerprint density at radius 3 is 2.63 bits per heavy atom. The molecule has 0 saturated carbocycles. The van der Waals surface area contributed by atoms with Crippen molar-refractivity contribution in [1.29, 1.82) is 0 Å². The third-order valence-electron chi connectivity index (χ3n) is 5.55. The number of fused-ring (bicyclic) bond motifs is 1. The van der Waals surface area contributed by atoms with Crippen molar-refractivity contribution >= 4 is 52.2 Å². The fraction of sp³-hybridized carbons (Fsp3) is 0.174. The van der Waals surface area contributed by atoms with E-state index in [9.17, 15) is 4.79 Å². The number of nitrogens with zero attached hydrogens (tertiary/aromatic N) is 7. The molecule has 1 N–H and O–H groups in total. The molecule has 1 amide bonds. The molecule has 0 radical (unpaired) electrons. The van der Waals surface area contributed by atoms with E-state index in [4.69, 9.17) is 34.8 Å². The number of halogens is 3. The van der Waals surface area contributed by atoms with Gasteiger partial charge in [-0.05, 0) is 37.6 Å². The number of carbonyl (C=O) groups is 1. The molecule has 0 spiro atoms. The zero-order valence-electron chi connectivity index (χ0n) is 18.7. The smallest absolute Gasteiger partial charge is 0.277 e. The molecule has 0 atom stereocenters. The monoisotopic (exact) mass is 528 g/mol. The van der Waals surface area contributed by atoms with E-state index in [1.54, 1.807) is 46.0 Å². The number of hydrogen-bond acceptors (Lipinski definition) is 5. The summed E-state index contributed by atoms with van der Waals surface area (Å²) in [5, 5.41) is 17.2. The number of aryl methyl sites for hydroxylation is 1. The highest BCUT2D eigenvalue weighted by Gasteiger charge is 2.19. The highest BCUT2D eigenvalue weighted by atomic mass is 35.5. The standard InChI is InChI=1S/C23H19Cl3N8O/c1-3-33-13(2)15(10-28-33)20-6-7-27-21-9-19(30-34(20)21)23(35)29-22-18(26)12-32(31-22)11-14-4-5-16(24)17(25)8-14/h4-10,12H,3,11H2,1-2H3,(H,29,31,35). The Kier molecular flexibility index (Phi) is 6.22. The average molecular weight is 530 g/mol. The highest BCUT2D eigenvalue weighted by Crippen LogP contribution is 2.26. The van der Waals surface area contributed by atoms with Gasteiger partial charge in [0.15, 0.2) is 17.2 Å². The largest absolute Gasteiger partial charge is 0.302 e. The summed E-state index contributed by atoms with van der Waals surface area (Å²) in [7, 11) is 0. The fourth-order valence-electron chi connectivity index (χ4n) is 3.79. The maximum Gasteiger partial charge on any atom is 0.277 e. The van der Waals surface area contributed by atoms with Gasteiger partial charge in [-0.25, -0.2) is 9.50 Å².